The molecule has 3 N–H and O–H groups in total. The molecule has 0 radical (unpaired) electrons. The molecule has 3 rings (SSSR count). The number of aryl methyl sites for hydroxylation is 1. The number of nitrogen functional groups attached to an aromatic ring is 1. The number of aliphatic hydroxyl groups is 1. The number of halogens is 1. The van der Waals surface area contributed by atoms with E-state index in [4.69, 9.17) is 22.1 Å². The highest BCUT2D eigenvalue weighted by molar-refractivity contribution is 6.36. The fourth-order valence-electron chi connectivity index (χ4n) is 2.17. The van der Waals surface area contributed by atoms with Crippen LogP contribution in [0.4, 0.5) is 5.69 Å². The third-order valence-electron chi connectivity index (χ3n) is 3.29. The van der Waals surface area contributed by atoms with Crippen molar-refractivity contribution in [1.29, 1.82) is 0 Å². The van der Waals surface area contributed by atoms with Crippen molar-refractivity contribution in [3.63, 3.8) is 0 Å². The number of ether oxygens (including phenoxy) is 1. The molecule has 0 aliphatic rings. The first kappa shape index (κ1) is 13.7. The minimum absolute atomic E-state index is 0.194. The summed E-state index contributed by atoms with van der Waals surface area (Å²) in [6.07, 6.45) is 3.24. The summed E-state index contributed by atoms with van der Waals surface area (Å²) >= 11 is 6.21. The minimum atomic E-state index is -0.194. The molecule has 0 aliphatic carbocycles. The van der Waals surface area contributed by atoms with E-state index in [9.17, 15) is 5.11 Å². The van der Waals surface area contributed by atoms with Crippen LogP contribution in [0.25, 0.3) is 11.0 Å². The van der Waals surface area contributed by atoms with E-state index in [0.717, 1.165) is 5.56 Å². The normalized spacial score (nSPS) is 11.0. The van der Waals surface area contributed by atoms with Crippen molar-refractivity contribution in [3.05, 3.63) is 47.2 Å². The molecule has 0 amide bonds. The first-order chi connectivity index (χ1) is 10.1. The quantitative estimate of drug-likeness (QED) is 0.728. The molecule has 0 saturated heterocycles. The van der Waals surface area contributed by atoms with E-state index in [1.54, 1.807) is 35.2 Å². The van der Waals surface area contributed by atoms with E-state index in [1.807, 2.05) is 13.0 Å². The van der Waals surface area contributed by atoms with Crippen molar-refractivity contribution in [1.82, 2.24) is 9.55 Å². The summed E-state index contributed by atoms with van der Waals surface area (Å²) in [4.78, 5) is 4.23. The Hall–Kier alpha value is -2.24. The SMILES string of the molecule is Cc1cc(Oc2ccnc3c2c(Cl)cn3CO)ccc1N. The lowest BCUT2D eigenvalue weighted by Gasteiger charge is -2.09. The summed E-state index contributed by atoms with van der Waals surface area (Å²) < 4.78 is 7.45. The zero-order chi connectivity index (χ0) is 15.0. The van der Waals surface area contributed by atoms with Crippen molar-refractivity contribution in [2.24, 2.45) is 0 Å². The van der Waals surface area contributed by atoms with Gasteiger partial charge in [-0.3, -0.25) is 0 Å². The number of fused-ring (bicyclic) bond motifs is 1. The van der Waals surface area contributed by atoms with Crippen molar-refractivity contribution in [2.75, 3.05) is 5.73 Å². The summed E-state index contributed by atoms with van der Waals surface area (Å²) in [5.74, 6) is 1.25. The molecule has 5 nitrogen and oxygen atoms in total. The fraction of sp³-hybridized carbons (Fsp3) is 0.133. The summed E-state index contributed by atoms with van der Waals surface area (Å²) in [5, 5.41) is 10.5. The van der Waals surface area contributed by atoms with Gasteiger partial charge in [0, 0.05) is 18.1 Å². The first-order valence-electron chi connectivity index (χ1n) is 6.38. The van der Waals surface area contributed by atoms with Crippen LogP contribution in [0.2, 0.25) is 5.02 Å². The van der Waals surface area contributed by atoms with Gasteiger partial charge in [-0.05, 0) is 36.8 Å². The first-order valence-corrected chi connectivity index (χ1v) is 6.76. The Labute approximate surface area is 126 Å². The van der Waals surface area contributed by atoms with Crippen LogP contribution in [-0.4, -0.2) is 14.7 Å². The number of nitrogens with zero attached hydrogens (tertiary/aromatic N) is 2. The zero-order valence-electron chi connectivity index (χ0n) is 11.4. The maximum Gasteiger partial charge on any atom is 0.147 e. The van der Waals surface area contributed by atoms with Crippen LogP contribution < -0.4 is 10.5 Å². The van der Waals surface area contributed by atoms with Gasteiger partial charge in [0.2, 0.25) is 0 Å². The Morgan fingerprint density at radius 3 is 2.90 bits per heavy atom. The van der Waals surface area contributed by atoms with E-state index in [-0.39, 0.29) is 6.73 Å². The highest BCUT2D eigenvalue weighted by Gasteiger charge is 2.13. The second-order valence-corrected chi connectivity index (χ2v) is 5.12. The second kappa shape index (κ2) is 5.27. The van der Waals surface area contributed by atoms with E-state index >= 15 is 0 Å². The number of anilines is 1. The Morgan fingerprint density at radius 1 is 1.38 bits per heavy atom. The summed E-state index contributed by atoms with van der Waals surface area (Å²) in [6.45, 7) is 1.72. The van der Waals surface area contributed by atoms with Crippen LogP contribution in [0, 0.1) is 6.92 Å². The van der Waals surface area contributed by atoms with E-state index in [0.29, 0.717) is 33.2 Å². The molecular weight excluding hydrogens is 290 g/mol. The maximum atomic E-state index is 9.31. The molecule has 3 aromatic rings. The van der Waals surface area contributed by atoms with E-state index in [2.05, 4.69) is 4.98 Å². The molecule has 0 saturated carbocycles. The van der Waals surface area contributed by atoms with Gasteiger partial charge >= 0.3 is 0 Å². The number of hydrogen-bond donors (Lipinski definition) is 2. The molecule has 1 aromatic carbocycles. The number of benzene rings is 1. The van der Waals surface area contributed by atoms with Crippen molar-refractivity contribution in [3.8, 4) is 11.5 Å². The van der Waals surface area contributed by atoms with Crippen LogP contribution in [0.1, 0.15) is 5.56 Å². The molecular formula is C15H14ClN3O2. The summed E-state index contributed by atoms with van der Waals surface area (Å²) in [6, 6.07) is 7.19. The third kappa shape index (κ3) is 2.41. The van der Waals surface area contributed by atoms with E-state index in [1.165, 1.54) is 0 Å². The molecule has 0 unspecified atom stereocenters. The Balaban J connectivity index is 2.08. The molecule has 6 heteroatoms. The summed E-state index contributed by atoms with van der Waals surface area (Å²) in [5.41, 5.74) is 8.03. The monoisotopic (exact) mass is 303 g/mol. The number of aromatic nitrogens is 2. The predicted octanol–water partition coefficient (Wildman–Crippen LogP) is 3.32. The van der Waals surface area contributed by atoms with Crippen molar-refractivity contribution in [2.45, 2.75) is 13.7 Å². The molecule has 2 heterocycles. The number of nitrogens with two attached hydrogens (primary N) is 1. The molecule has 21 heavy (non-hydrogen) atoms. The van der Waals surface area contributed by atoms with Crippen LogP contribution in [0.15, 0.2) is 36.7 Å². The van der Waals surface area contributed by atoms with Crippen LogP contribution in [0.5, 0.6) is 11.5 Å². The van der Waals surface area contributed by atoms with Gasteiger partial charge in [-0.25, -0.2) is 4.98 Å². The lowest BCUT2D eigenvalue weighted by atomic mass is 10.2. The molecule has 0 aliphatic heterocycles. The Kier molecular flexibility index (Phi) is 3.45. The van der Waals surface area contributed by atoms with Gasteiger partial charge < -0.3 is 20.1 Å². The molecule has 0 atom stereocenters. The average molecular weight is 304 g/mol. The zero-order valence-corrected chi connectivity index (χ0v) is 12.1. The van der Waals surface area contributed by atoms with Gasteiger partial charge in [-0.15, -0.1) is 0 Å². The number of pyridine rings is 1. The van der Waals surface area contributed by atoms with Gasteiger partial charge in [0.15, 0.2) is 0 Å². The molecule has 0 bridgehead atoms. The maximum absolute atomic E-state index is 9.31. The fourth-order valence-corrected chi connectivity index (χ4v) is 2.47. The Morgan fingerprint density at radius 2 is 2.19 bits per heavy atom. The number of hydrogen-bond acceptors (Lipinski definition) is 4. The van der Waals surface area contributed by atoms with Gasteiger partial charge in [-0.1, -0.05) is 11.6 Å². The highest BCUT2D eigenvalue weighted by atomic mass is 35.5. The van der Waals surface area contributed by atoms with E-state index < -0.39 is 0 Å². The minimum Gasteiger partial charge on any atom is -0.456 e. The largest absolute Gasteiger partial charge is 0.456 e. The molecule has 0 fully saturated rings. The Bertz CT molecular complexity index is 814. The van der Waals surface area contributed by atoms with Crippen LogP contribution in [-0.2, 0) is 6.73 Å². The van der Waals surface area contributed by atoms with Gasteiger partial charge in [0.25, 0.3) is 0 Å². The topological polar surface area (TPSA) is 73.3 Å². The predicted molar refractivity (Wildman–Crippen MR) is 82.6 cm³/mol. The number of rotatable bonds is 3. The lowest BCUT2D eigenvalue weighted by Crippen LogP contribution is -1.96. The molecule has 2 aromatic heterocycles. The van der Waals surface area contributed by atoms with Crippen molar-refractivity contribution >= 4 is 28.3 Å². The average Bonchev–Trinajstić information content (AvgIpc) is 2.81. The highest BCUT2D eigenvalue weighted by Crippen LogP contribution is 2.35. The van der Waals surface area contributed by atoms with Crippen molar-refractivity contribution < 1.29 is 9.84 Å². The van der Waals surface area contributed by atoms with Crippen LogP contribution >= 0.6 is 11.6 Å². The van der Waals surface area contributed by atoms with Crippen LogP contribution in [0.3, 0.4) is 0 Å². The van der Waals surface area contributed by atoms with Gasteiger partial charge in [0.1, 0.15) is 23.9 Å². The van der Waals surface area contributed by atoms with Gasteiger partial charge in [0.05, 0.1) is 10.4 Å². The van der Waals surface area contributed by atoms with Gasteiger partial charge in [-0.2, -0.15) is 0 Å². The lowest BCUT2D eigenvalue weighted by molar-refractivity contribution is 0.215. The molecule has 0 spiro atoms. The molecule has 108 valence electrons. The summed E-state index contributed by atoms with van der Waals surface area (Å²) in [7, 11) is 0. The standard InChI is InChI=1S/C15H14ClN3O2/c1-9-6-10(2-3-12(9)17)21-13-4-5-18-15-14(13)11(16)7-19(15)8-20/h2-7,20H,8,17H2,1H3. The number of aliphatic hydroxyl groups excluding tert-OH is 1. The second-order valence-electron chi connectivity index (χ2n) is 4.72. The smallest absolute Gasteiger partial charge is 0.147 e. The third-order valence-corrected chi connectivity index (χ3v) is 3.58.